The van der Waals surface area contributed by atoms with E-state index >= 15 is 0 Å². The van der Waals surface area contributed by atoms with E-state index in [2.05, 4.69) is 4.99 Å². The van der Waals surface area contributed by atoms with Crippen molar-refractivity contribution in [1.82, 2.24) is 0 Å². The molecule has 0 radical (unpaired) electrons. The summed E-state index contributed by atoms with van der Waals surface area (Å²) in [5.74, 6) is 2.28. The zero-order chi connectivity index (χ0) is 18.8. The van der Waals surface area contributed by atoms with E-state index in [1.807, 2.05) is 43.3 Å². The van der Waals surface area contributed by atoms with Gasteiger partial charge in [0, 0.05) is 11.6 Å². The molecule has 0 aliphatic carbocycles. The van der Waals surface area contributed by atoms with Crippen LogP contribution in [-0.4, -0.2) is 26.1 Å². The van der Waals surface area contributed by atoms with Crippen molar-refractivity contribution in [3.8, 4) is 22.8 Å². The van der Waals surface area contributed by atoms with Gasteiger partial charge in [-0.1, -0.05) is 6.07 Å². The van der Waals surface area contributed by atoms with E-state index in [0.29, 0.717) is 22.8 Å². The molecule has 6 heteroatoms. The number of esters is 1. The van der Waals surface area contributed by atoms with Crippen molar-refractivity contribution in [1.29, 1.82) is 0 Å². The van der Waals surface area contributed by atoms with Crippen LogP contribution in [0.2, 0.25) is 0 Å². The standard InChI is InChI=1S/C21H17NO5/c1-13-3-4-14(21(23)24-2)9-17(13)18-8-6-16(27-18)11-22-15-5-7-19-20(10-15)26-12-25-19/h3-11H,12H2,1-2H3. The minimum absolute atomic E-state index is 0.230. The monoisotopic (exact) mass is 363 g/mol. The number of rotatable bonds is 4. The third-order valence-corrected chi connectivity index (χ3v) is 4.25. The lowest BCUT2D eigenvalue weighted by atomic mass is 10.0. The molecule has 1 aliphatic heterocycles. The molecule has 0 N–H and O–H groups in total. The van der Waals surface area contributed by atoms with E-state index < -0.39 is 0 Å². The Bertz CT molecular complexity index is 1030. The van der Waals surface area contributed by atoms with Crippen molar-refractivity contribution in [3.05, 3.63) is 65.4 Å². The van der Waals surface area contributed by atoms with E-state index in [4.69, 9.17) is 18.6 Å². The van der Waals surface area contributed by atoms with Gasteiger partial charge in [-0.25, -0.2) is 4.79 Å². The van der Waals surface area contributed by atoms with E-state index in [-0.39, 0.29) is 12.8 Å². The first-order valence-corrected chi connectivity index (χ1v) is 8.37. The van der Waals surface area contributed by atoms with Crippen LogP contribution >= 0.6 is 0 Å². The summed E-state index contributed by atoms with van der Waals surface area (Å²) in [5, 5.41) is 0. The normalized spacial score (nSPS) is 12.5. The number of fused-ring (bicyclic) bond motifs is 1. The van der Waals surface area contributed by atoms with E-state index in [1.54, 1.807) is 18.3 Å². The Hall–Kier alpha value is -3.54. The lowest BCUT2D eigenvalue weighted by molar-refractivity contribution is 0.0601. The minimum Gasteiger partial charge on any atom is -0.465 e. The van der Waals surface area contributed by atoms with Crippen LogP contribution in [0.1, 0.15) is 21.7 Å². The third-order valence-electron chi connectivity index (χ3n) is 4.25. The summed E-state index contributed by atoms with van der Waals surface area (Å²) in [4.78, 5) is 16.2. The van der Waals surface area contributed by atoms with Crippen molar-refractivity contribution in [2.45, 2.75) is 6.92 Å². The quantitative estimate of drug-likeness (QED) is 0.503. The topological polar surface area (TPSA) is 70.3 Å². The fourth-order valence-electron chi connectivity index (χ4n) is 2.80. The molecule has 136 valence electrons. The van der Waals surface area contributed by atoms with Crippen LogP contribution in [0, 0.1) is 6.92 Å². The lowest BCUT2D eigenvalue weighted by Gasteiger charge is -2.05. The predicted octanol–water partition coefficient (Wildman–Crippen LogP) is 4.52. The highest BCUT2D eigenvalue weighted by Gasteiger charge is 2.14. The Morgan fingerprint density at radius 1 is 1.07 bits per heavy atom. The highest BCUT2D eigenvalue weighted by atomic mass is 16.7. The second-order valence-electron chi connectivity index (χ2n) is 6.02. The summed E-state index contributed by atoms with van der Waals surface area (Å²) < 4.78 is 21.3. The summed E-state index contributed by atoms with van der Waals surface area (Å²) in [6, 6.07) is 14.5. The van der Waals surface area contributed by atoms with Gasteiger partial charge in [0.15, 0.2) is 11.5 Å². The molecule has 2 heterocycles. The number of nitrogens with zero attached hydrogens (tertiary/aromatic N) is 1. The van der Waals surface area contributed by atoms with Gasteiger partial charge < -0.3 is 18.6 Å². The van der Waals surface area contributed by atoms with Crippen molar-refractivity contribution < 1.29 is 23.4 Å². The largest absolute Gasteiger partial charge is 0.465 e. The molecule has 1 aromatic heterocycles. The van der Waals surface area contributed by atoms with Crippen molar-refractivity contribution in [2.24, 2.45) is 4.99 Å². The molecule has 4 rings (SSSR count). The molecular formula is C21H17NO5. The van der Waals surface area contributed by atoms with Crippen molar-refractivity contribution in [3.63, 3.8) is 0 Å². The molecule has 0 fully saturated rings. The van der Waals surface area contributed by atoms with Crippen LogP contribution in [-0.2, 0) is 4.74 Å². The Morgan fingerprint density at radius 2 is 1.93 bits per heavy atom. The van der Waals surface area contributed by atoms with Gasteiger partial charge in [-0.3, -0.25) is 4.99 Å². The first-order chi connectivity index (χ1) is 13.1. The third kappa shape index (κ3) is 3.42. The van der Waals surface area contributed by atoms with Gasteiger partial charge in [0.25, 0.3) is 0 Å². The molecule has 2 aromatic carbocycles. The van der Waals surface area contributed by atoms with Gasteiger partial charge in [0.1, 0.15) is 11.5 Å². The molecule has 0 bridgehead atoms. The molecular weight excluding hydrogens is 346 g/mol. The Balaban J connectivity index is 1.58. The molecule has 3 aromatic rings. The molecule has 27 heavy (non-hydrogen) atoms. The number of methoxy groups -OCH3 is 1. The average Bonchev–Trinajstić information content (AvgIpc) is 3.35. The van der Waals surface area contributed by atoms with Gasteiger partial charge in [-0.2, -0.15) is 0 Å². The molecule has 0 atom stereocenters. The predicted molar refractivity (Wildman–Crippen MR) is 100 cm³/mol. The number of furan rings is 1. The number of carbonyl (C=O) groups excluding carboxylic acids is 1. The van der Waals surface area contributed by atoms with Gasteiger partial charge in [0.2, 0.25) is 6.79 Å². The van der Waals surface area contributed by atoms with Crippen LogP contribution in [0.4, 0.5) is 5.69 Å². The summed E-state index contributed by atoms with van der Waals surface area (Å²) in [6.07, 6.45) is 1.64. The second-order valence-corrected chi connectivity index (χ2v) is 6.02. The van der Waals surface area contributed by atoms with Crippen LogP contribution < -0.4 is 9.47 Å². The fraction of sp³-hybridized carbons (Fsp3) is 0.143. The van der Waals surface area contributed by atoms with Crippen LogP contribution in [0.3, 0.4) is 0 Å². The fourth-order valence-corrected chi connectivity index (χ4v) is 2.80. The maximum absolute atomic E-state index is 11.8. The van der Waals surface area contributed by atoms with Crippen LogP contribution in [0.15, 0.2) is 57.9 Å². The first kappa shape index (κ1) is 16.9. The number of hydrogen-bond acceptors (Lipinski definition) is 6. The molecule has 1 aliphatic rings. The number of aliphatic imine (C=N–C) groups is 1. The number of carbonyl (C=O) groups is 1. The number of aryl methyl sites for hydroxylation is 1. The summed E-state index contributed by atoms with van der Waals surface area (Å²) in [6.45, 7) is 2.19. The van der Waals surface area contributed by atoms with E-state index in [0.717, 1.165) is 22.6 Å². The Labute approximate surface area is 156 Å². The first-order valence-electron chi connectivity index (χ1n) is 8.37. The average molecular weight is 363 g/mol. The van der Waals surface area contributed by atoms with Crippen molar-refractivity contribution >= 4 is 17.9 Å². The van der Waals surface area contributed by atoms with Crippen LogP contribution in [0.25, 0.3) is 11.3 Å². The SMILES string of the molecule is COC(=O)c1ccc(C)c(-c2ccc(C=Nc3ccc4c(c3)OCO4)o2)c1. The van der Waals surface area contributed by atoms with Crippen molar-refractivity contribution in [2.75, 3.05) is 13.9 Å². The van der Waals surface area contributed by atoms with Gasteiger partial charge >= 0.3 is 5.97 Å². The maximum Gasteiger partial charge on any atom is 0.337 e. The maximum atomic E-state index is 11.8. The minimum atomic E-state index is -0.382. The Morgan fingerprint density at radius 3 is 2.78 bits per heavy atom. The van der Waals surface area contributed by atoms with Gasteiger partial charge in [-0.05, 0) is 48.9 Å². The summed E-state index contributed by atoms with van der Waals surface area (Å²) in [7, 11) is 1.36. The molecule has 0 unspecified atom stereocenters. The zero-order valence-electron chi connectivity index (χ0n) is 14.9. The second kappa shape index (κ2) is 6.99. The van der Waals surface area contributed by atoms with E-state index in [9.17, 15) is 4.79 Å². The van der Waals surface area contributed by atoms with Gasteiger partial charge in [-0.15, -0.1) is 0 Å². The Kier molecular flexibility index (Phi) is 4.38. The number of benzene rings is 2. The zero-order valence-corrected chi connectivity index (χ0v) is 14.9. The molecule has 0 saturated carbocycles. The highest BCUT2D eigenvalue weighted by Crippen LogP contribution is 2.35. The highest BCUT2D eigenvalue weighted by molar-refractivity contribution is 5.91. The molecule has 0 spiro atoms. The van der Waals surface area contributed by atoms with Crippen LogP contribution in [0.5, 0.6) is 11.5 Å². The van der Waals surface area contributed by atoms with E-state index in [1.165, 1.54) is 7.11 Å². The number of hydrogen-bond donors (Lipinski definition) is 0. The summed E-state index contributed by atoms with van der Waals surface area (Å²) >= 11 is 0. The summed E-state index contributed by atoms with van der Waals surface area (Å²) in [5.41, 5.74) is 3.04. The van der Waals surface area contributed by atoms with Gasteiger partial charge in [0.05, 0.1) is 24.6 Å². The molecule has 0 amide bonds. The molecule has 6 nitrogen and oxygen atoms in total. The number of ether oxygens (including phenoxy) is 3. The molecule has 0 saturated heterocycles. The lowest BCUT2D eigenvalue weighted by Crippen LogP contribution is -2.01. The smallest absolute Gasteiger partial charge is 0.337 e.